The Bertz CT molecular complexity index is 1320. The summed E-state index contributed by atoms with van der Waals surface area (Å²) in [5.41, 5.74) is 2.23. The number of ketones is 1. The first kappa shape index (κ1) is 29.9. The monoisotopic (exact) mass is 578 g/mol. The van der Waals surface area contributed by atoms with Crippen LogP contribution in [0.25, 0.3) is 5.76 Å². The summed E-state index contributed by atoms with van der Waals surface area (Å²) >= 11 is 0. The maximum absolute atomic E-state index is 13.6. The Labute approximate surface area is 248 Å². The lowest BCUT2D eigenvalue weighted by molar-refractivity contribution is -0.140. The molecule has 0 unspecified atom stereocenters. The van der Waals surface area contributed by atoms with Crippen molar-refractivity contribution in [2.24, 2.45) is 0 Å². The number of aliphatic hydroxyl groups excluding tert-OH is 1. The number of fused-ring (bicyclic) bond motifs is 1. The molecule has 0 saturated carbocycles. The number of unbranched alkanes of at least 4 members (excludes halogenated alkanes) is 1. The largest absolute Gasteiger partial charge is 0.507 e. The molecule has 5 rings (SSSR count). The Hall–Kier alpha value is -3.56. The number of morpholine rings is 1. The number of hydrogen-bond acceptors (Lipinski definition) is 8. The molecule has 0 bridgehead atoms. The fourth-order valence-corrected chi connectivity index (χ4v) is 5.88. The molecule has 2 fully saturated rings. The first-order valence-corrected chi connectivity index (χ1v) is 15.2. The van der Waals surface area contributed by atoms with Gasteiger partial charge in [-0.1, -0.05) is 19.4 Å². The van der Waals surface area contributed by atoms with Gasteiger partial charge in [0.2, 0.25) is 0 Å². The number of carbonyl (C=O) groups excluding carboxylic acids is 2. The fourth-order valence-electron chi connectivity index (χ4n) is 5.88. The lowest BCUT2D eigenvalue weighted by Crippen LogP contribution is -2.39. The van der Waals surface area contributed by atoms with Crippen LogP contribution >= 0.6 is 0 Å². The van der Waals surface area contributed by atoms with E-state index in [1.54, 1.807) is 11.0 Å². The molecule has 9 nitrogen and oxygen atoms in total. The van der Waals surface area contributed by atoms with Gasteiger partial charge < -0.3 is 29.0 Å². The van der Waals surface area contributed by atoms with Crippen LogP contribution in [0.5, 0.6) is 17.2 Å². The van der Waals surface area contributed by atoms with Crippen molar-refractivity contribution >= 4 is 17.4 Å². The summed E-state index contributed by atoms with van der Waals surface area (Å²) in [6, 6.07) is 10.2. The van der Waals surface area contributed by atoms with E-state index in [4.69, 9.17) is 18.9 Å². The summed E-state index contributed by atoms with van der Waals surface area (Å²) in [6.45, 7) is 11.2. The number of amides is 1. The van der Waals surface area contributed by atoms with Crippen molar-refractivity contribution in [3.63, 3.8) is 0 Å². The zero-order valence-corrected chi connectivity index (χ0v) is 24.9. The minimum Gasteiger partial charge on any atom is -0.507 e. The summed E-state index contributed by atoms with van der Waals surface area (Å²) < 4.78 is 23.2. The highest BCUT2D eigenvalue weighted by Gasteiger charge is 2.46. The Balaban J connectivity index is 1.51. The normalized spacial score (nSPS) is 21.8. The summed E-state index contributed by atoms with van der Waals surface area (Å²) in [6.07, 6.45) is 3.38. The van der Waals surface area contributed by atoms with E-state index in [0.717, 1.165) is 43.8 Å². The molecule has 9 heteroatoms. The molecule has 2 atom stereocenters. The van der Waals surface area contributed by atoms with Crippen molar-refractivity contribution < 1.29 is 33.6 Å². The number of aliphatic hydroxyl groups is 1. The van der Waals surface area contributed by atoms with Gasteiger partial charge in [0.15, 0.2) is 11.5 Å². The number of rotatable bonds is 12. The molecule has 1 amide bonds. The van der Waals surface area contributed by atoms with Crippen molar-refractivity contribution in [3.05, 3.63) is 58.7 Å². The minimum atomic E-state index is -0.762. The van der Waals surface area contributed by atoms with Gasteiger partial charge in [-0.3, -0.25) is 14.5 Å². The van der Waals surface area contributed by atoms with Gasteiger partial charge in [-0.25, -0.2) is 0 Å². The minimum absolute atomic E-state index is 0.0458. The lowest BCUT2D eigenvalue weighted by atomic mass is 9.94. The number of nitrogens with zero attached hydrogens (tertiary/aromatic N) is 2. The number of benzene rings is 2. The summed E-state index contributed by atoms with van der Waals surface area (Å²) in [5.74, 6) is 0.467. The summed E-state index contributed by atoms with van der Waals surface area (Å²) in [4.78, 5) is 31.0. The number of hydrogen-bond donors (Lipinski definition) is 1. The number of Topliss-reactive ketones (excluding diaryl/α,β-unsaturated/α-hetero) is 1. The molecule has 0 radical (unpaired) electrons. The molecule has 1 N–H and O–H groups in total. The summed E-state index contributed by atoms with van der Waals surface area (Å²) in [7, 11) is 0. The van der Waals surface area contributed by atoms with Gasteiger partial charge >= 0.3 is 0 Å². The molecule has 3 heterocycles. The molecule has 226 valence electrons. The molecule has 2 saturated heterocycles. The molecule has 3 aliphatic rings. The van der Waals surface area contributed by atoms with Crippen LogP contribution in [0, 0.1) is 0 Å². The average molecular weight is 579 g/mol. The van der Waals surface area contributed by atoms with Gasteiger partial charge in [0.05, 0.1) is 38.0 Å². The van der Waals surface area contributed by atoms with E-state index in [1.807, 2.05) is 44.2 Å². The van der Waals surface area contributed by atoms with Gasteiger partial charge in [0.1, 0.15) is 17.6 Å². The van der Waals surface area contributed by atoms with Crippen molar-refractivity contribution in [1.29, 1.82) is 0 Å². The molecule has 42 heavy (non-hydrogen) atoms. The van der Waals surface area contributed by atoms with E-state index < -0.39 is 17.7 Å². The number of carbonyl (C=O) groups is 2. The topological polar surface area (TPSA) is 97.8 Å². The first-order valence-electron chi connectivity index (χ1n) is 15.2. The van der Waals surface area contributed by atoms with Gasteiger partial charge in [0.25, 0.3) is 11.7 Å². The molecule has 0 spiro atoms. The van der Waals surface area contributed by atoms with E-state index >= 15 is 0 Å². The molecule has 3 aliphatic heterocycles. The molecular weight excluding hydrogens is 536 g/mol. The van der Waals surface area contributed by atoms with E-state index in [0.29, 0.717) is 68.4 Å². The highest BCUT2D eigenvalue weighted by Crippen LogP contribution is 2.43. The smallest absolute Gasteiger partial charge is 0.295 e. The van der Waals surface area contributed by atoms with Gasteiger partial charge in [-0.15, -0.1) is 0 Å². The Kier molecular flexibility index (Phi) is 9.69. The van der Waals surface area contributed by atoms with E-state index in [1.165, 1.54) is 0 Å². The van der Waals surface area contributed by atoms with E-state index in [-0.39, 0.29) is 17.4 Å². The molecule has 0 aliphatic carbocycles. The third-order valence-electron chi connectivity index (χ3n) is 8.03. The second-order valence-electron chi connectivity index (χ2n) is 11.1. The van der Waals surface area contributed by atoms with Gasteiger partial charge in [-0.05, 0) is 68.1 Å². The Morgan fingerprint density at radius 1 is 1.00 bits per heavy atom. The Morgan fingerprint density at radius 2 is 1.81 bits per heavy atom. The summed E-state index contributed by atoms with van der Waals surface area (Å²) in [5, 5.41) is 11.6. The highest BCUT2D eigenvalue weighted by molar-refractivity contribution is 6.46. The quantitative estimate of drug-likeness (QED) is 0.167. The average Bonchev–Trinajstić information content (AvgIpc) is 3.49. The Morgan fingerprint density at radius 3 is 2.57 bits per heavy atom. The van der Waals surface area contributed by atoms with Crippen molar-refractivity contribution in [3.8, 4) is 17.2 Å². The highest BCUT2D eigenvalue weighted by atomic mass is 16.5. The number of ether oxygens (including phenoxy) is 4. The standard InChI is InChI=1S/C33H42N2O7/c1-4-6-16-41-27-11-8-23(21-28(27)40-5-2)30-29(31(36)24-9-10-26-25(20-24)19-22(3)42-26)32(37)33(38)35(30)13-7-12-34-14-17-39-18-15-34/h8-11,20-22,30,36H,4-7,12-19H2,1-3H3/b31-29+/t22-,30-/m0/s1. The van der Waals surface area contributed by atoms with Gasteiger partial charge in [0, 0.05) is 38.2 Å². The molecule has 2 aromatic carbocycles. The third-order valence-corrected chi connectivity index (χ3v) is 8.03. The molecule has 2 aromatic rings. The second-order valence-corrected chi connectivity index (χ2v) is 11.1. The maximum atomic E-state index is 13.6. The fraction of sp³-hybridized carbons (Fsp3) is 0.515. The van der Waals surface area contributed by atoms with Crippen LogP contribution in [0.2, 0.25) is 0 Å². The number of likely N-dealkylation sites (tertiary alicyclic amines) is 1. The first-order chi connectivity index (χ1) is 20.4. The van der Waals surface area contributed by atoms with E-state index in [9.17, 15) is 14.7 Å². The predicted molar refractivity (Wildman–Crippen MR) is 159 cm³/mol. The maximum Gasteiger partial charge on any atom is 0.295 e. The van der Waals surface area contributed by atoms with Crippen LogP contribution in [0.15, 0.2) is 42.0 Å². The zero-order valence-electron chi connectivity index (χ0n) is 24.9. The second kappa shape index (κ2) is 13.6. The third kappa shape index (κ3) is 6.42. The van der Waals surface area contributed by atoms with Crippen molar-refractivity contribution in [2.45, 2.75) is 58.6 Å². The SMILES string of the molecule is CCCCOc1ccc([C@H]2/C(=C(\O)c3ccc4c(c3)C[C@H](C)O4)C(=O)C(=O)N2CCCN2CCOCC2)cc1OCC. The van der Waals surface area contributed by atoms with Crippen LogP contribution in [0.4, 0.5) is 0 Å². The van der Waals surface area contributed by atoms with Crippen LogP contribution in [0.3, 0.4) is 0 Å². The van der Waals surface area contributed by atoms with E-state index in [2.05, 4.69) is 11.8 Å². The predicted octanol–water partition coefficient (Wildman–Crippen LogP) is 4.73. The van der Waals surface area contributed by atoms with Crippen LogP contribution in [-0.4, -0.2) is 85.3 Å². The van der Waals surface area contributed by atoms with Crippen molar-refractivity contribution in [1.82, 2.24) is 9.80 Å². The van der Waals surface area contributed by atoms with Crippen LogP contribution < -0.4 is 14.2 Å². The lowest BCUT2D eigenvalue weighted by Gasteiger charge is -2.29. The van der Waals surface area contributed by atoms with Crippen LogP contribution in [-0.2, 0) is 20.7 Å². The zero-order chi connectivity index (χ0) is 29.6. The molecule has 0 aromatic heterocycles. The van der Waals surface area contributed by atoms with Crippen molar-refractivity contribution in [2.75, 3.05) is 52.6 Å². The molecular formula is C33H42N2O7. The van der Waals surface area contributed by atoms with Gasteiger partial charge in [-0.2, -0.15) is 0 Å². The van der Waals surface area contributed by atoms with Crippen LogP contribution in [0.1, 0.15) is 62.8 Å².